The molecule has 2 rings (SSSR count). The molecule has 116 valence electrons. The maximum atomic E-state index is 12.6. The molecule has 1 N–H and O–H groups in total. The van der Waals surface area contributed by atoms with Gasteiger partial charge in [0.1, 0.15) is 5.54 Å². The first kappa shape index (κ1) is 16.0. The van der Waals surface area contributed by atoms with E-state index in [1.54, 1.807) is 0 Å². The highest BCUT2D eigenvalue weighted by atomic mass is 16.5. The Labute approximate surface area is 128 Å². The van der Waals surface area contributed by atoms with E-state index in [2.05, 4.69) is 12.2 Å². The molecule has 0 saturated heterocycles. The standard InChI is InChI=1S/C18H27NO2/c1-3-14-18(17(20)21-2,15-10-6-4-7-11-15)19-16-12-8-5-9-13-16/h4,6-7,10-11,16,19H,3,5,8-9,12-14H2,1-2H3. The monoisotopic (exact) mass is 289 g/mol. The summed E-state index contributed by atoms with van der Waals surface area (Å²) >= 11 is 0. The number of ether oxygens (including phenoxy) is 1. The molecule has 1 aliphatic carbocycles. The number of nitrogens with one attached hydrogen (secondary N) is 1. The summed E-state index contributed by atoms with van der Waals surface area (Å²) < 4.78 is 5.16. The zero-order valence-electron chi connectivity index (χ0n) is 13.2. The van der Waals surface area contributed by atoms with Crippen LogP contribution in [0.15, 0.2) is 30.3 Å². The Hall–Kier alpha value is -1.35. The molecule has 0 heterocycles. The van der Waals surface area contributed by atoms with Gasteiger partial charge in [-0.1, -0.05) is 62.9 Å². The summed E-state index contributed by atoms with van der Waals surface area (Å²) in [6.07, 6.45) is 7.79. The Balaban J connectivity index is 2.32. The number of hydrogen-bond donors (Lipinski definition) is 1. The van der Waals surface area contributed by atoms with Crippen molar-refractivity contribution < 1.29 is 9.53 Å². The lowest BCUT2D eigenvalue weighted by molar-refractivity contribution is -0.150. The second kappa shape index (κ2) is 7.60. The van der Waals surface area contributed by atoms with Crippen LogP contribution >= 0.6 is 0 Å². The minimum absolute atomic E-state index is 0.166. The van der Waals surface area contributed by atoms with E-state index in [9.17, 15) is 4.79 Å². The van der Waals surface area contributed by atoms with Crippen LogP contribution in [0.4, 0.5) is 0 Å². The minimum Gasteiger partial charge on any atom is -0.467 e. The Bertz CT molecular complexity index is 440. The molecule has 1 aliphatic rings. The van der Waals surface area contributed by atoms with E-state index in [0.29, 0.717) is 6.04 Å². The first-order valence-electron chi connectivity index (χ1n) is 8.14. The molecule has 0 aliphatic heterocycles. The lowest BCUT2D eigenvalue weighted by atomic mass is 9.83. The van der Waals surface area contributed by atoms with E-state index in [-0.39, 0.29) is 5.97 Å². The van der Waals surface area contributed by atoms with E-state index in [1.165, 1.54) is 26.4 Å². The number of rotatable bonds is 6. The lowest BCUT2D eigenvalue weighted by Crippen LogP contribution is -2.54. The Morgan fingerprint density at radius 3 is 2.48 bits per heavy atom. The van der Waals surface area contributed by atoms with Crippen LogP contribution < -0.4 is 5.32 Å². The van der Waals surface area contributed by atoms with Gasteiger partial charge in [0.15, 0.2) is 0 Å². The average molecular weight is 289 g/mol. The summed E-state index contributed by atoms with van der Waals surface area (Å²) in [5.74, 6) is -0.166. The van der Waals surface area contributed by atoms with Crippen molar-refractivity contribution in [2.75, 3.05) is 7.11 Å². The fourth-order valence-electron chi connectivity index (χ4n) is 3.45. The fourth-order valence-corrected chi connectivity index (χ4v) is 3.45. The van der Waals surface area contributed by atoms with Crippen molar-refractivity contribution in [3.8, 4) is 0 Å². The van der Waals surface area contributed by atoms with Gasteiger partial charge in [0, 0.05) is 6.04 Å². The molecule has 1 aromatic rings. The van der Waals surface area contributed by atoms with Gasteiger partial charge in [-0.3, -0.25) is 5.32 Å². The van der Waals surface area contributed by atoms with Gasteiger partial charge in [-0.25, -0.2) is 4.79 Å². The summed E-state index contributed by atoms with van der Waals surface area (Å²) in [7, 11) is 1.48. The molecule has 1 atom stereocenters. The van der Waals surface area contributed by atoms with E-state index in [0.717, 1.165) is 31.2 Å². The van der Waals surface area contributed by atoms with Gasteiger partial charge in [0.25, 0.3) is 0 Å². The molecule has 0 amide bonds. The maximum Gasteiger partial charge on any atom is 0.330 e. The van der Waals surface area contributed by atoms with Gasteiger partial charge in [-0.15, -0.1) is 0 Å². The normalized spacial score (nSPS) is 19.0. The highest BCUT2D eigenvalue weighted by Crippen LogP contribution is 2.31. The molecule has 3 nitrogen and oxygen atoms in total. The summed E-state index contributed by atoms with van der Waals surface area (Å²) in [5, 5.41) is 3.66. The van der Waals surface area contributed by atoms with Gasteiger partial charge >= 0.3 is 5.97 Å². The SMILES string of the molecule is CCCC(NC1CCCCC1)(C(=O)OC)c1ccccc1. The number of benzene rings is 1. The quantitative estimate of drug-likeness (QED) is 0.810. The second-order valence-corrected chi connectivity index (χ2v) is 5.99. The molecule has 1 aromatic carbocycles. The predicted molar refractivity (Wildman–Crippen MR) is 85.1 cm³/mol. The largest absolute Gasteiger partial charge is 0.467 e. The molecule has 1 unspecified atom stereocenters. The maximum absolute atomic E-state index is 12.6. The third-order valence-electron chi connectivity index (χ3n) is 4.48. The number of carbonyl (C=O) groups is 1. The molecule has 1 fully saturated rings. The first-order chi connectivity index (χ1) is 10.2. The number of esters is 1. The third kappa shape index (κ3) is 3.65. The Morgan fingerprint density at radius 2 is 1.90 bits per heavy atom. The molecular weight excluding hydrogens is 262 g/mol. The van der Waals surface area contributed by atoms with Crippen molar-refractivity contribution in [2.24, 2.45) is 0 Å². The molecule has 0 spiro atoms. The van der Waals surface area contributed by atoms with E-state index in [4.69, 9.17) is 4.74 Å². The molecular formula is C18H27NO2. The summed E-state index contributed by atoms with van der Waals surface area (Å²) in [6.45, 7) is 2.11. The number of hydrogen-bond acceptors (Lipinski definition) is 3. The van der Waals surface area contributed by atoms with Crippen LogP contribution in [0.2, 0.25) is 0 Å². The second-order valence-electron chi connectivity index (χ2n) is 5.99. The van der Waals surface area contributed by atoms with Crippen LogP contribution in [0, 0.1) is 0 Å². The van der Waals surface area contributed by atoms with E-state index < -0.39 is 5.54 Å². The van der Waals surface area contributed by atoms with Crippen LogP contribution in [0.5, 0.6) is 0 Å². The van der Waals surface area contributed by atoms with E-state index >= 15 is 0 Å². The van der Waals surface area contributed by atoms with Gasteiger partial charge < -0.3 is 4.74 Å². The summed E-state index contributed by atoms with van der Waals surface area (Å²) in [4.78, 5) is 12.6. The summed E-state index contributed by atoms with van der Waals surface area (Å²) in [6, 6.07) is 10.4. The fraction of sp³-hybridized carbons (Fsp3) is 0.611. The van der Waals surface area contributed by atoms with Crippen molar-refractivity contribution in [3.63, 3.8) is 0 Å². The lowest BCUT2D eigenvalue weighted by Gasteiger charge is -2.37. The first-order valence-corrected chi connectivity index (χ1v) is 8.14. The van der Waals surface area contributed by atoms with Crippen molar-refractivity contribution in [3.05, 3.63) is 35.9 Å². The van der Waals surface area contributed by atoms with Gasteiger partial charge in [-0.2, -0.15) is 0 Å². The number of methoxy groups -OCH3 is 1. The van der Waals surface area contributed by atoms with E-state index in [1.807, 2.05) is 30.3 Å². The highest BCUT2D eigenvalue weighted by Gasteiger charge is 2.42. The molecule has 21 heavy (non-hydrogen) atoms. The van der Waals surface area contributed by atoms with Crippen molar-refractivity contribution in [1.29, 1.82) is 0 Å². The zero-order chi connectivity index (χ0) is 15.1. The van der Waals surface area contributed by atoms with Gasteiger partial charge in [0.2, 0.25) is 0 Å². The molecule has 1 saturated carbocycles. The van der Waals surface area contributed by atoms with Crippen LogP contribution in [-0.4, -0.2) is 19.1 Å². The zero-order valence-corrected chi connectivity index (χ0v) is 13.2. The van der Waals surface area contributed by atoms with Crippen LogP contribution in [0.1, 0.15) is 57.4 Å². The molecule has 3 heteroatoms. The van der Waals surface area contributed by atoms with Crippen LogP contribution in [-0.2, 0) is 15.1 Å². The Morgan fingerprint density at radius 1 is 1.24 bits per heavy atom. The molecule has 0 aromatic heterocycles. The highest BCUT2D eigenvalue weighted by molar-refractivity contribution is 5.82. The Kier molecular flexibility index (Phi) is 5.80. The van der Waals surface area contributed by atoms with Gasteiger partial charge in [0.05, 0.1) is 7.11 Å². The predicted octanol–water partition coefficient (Wildman–Crippen LogP) is 3.78. The molecule has 0 radical (unpaired) electrons. The smallest absolute Gasteiger partial charge is 0.330 e. The number of carbonyl (C=O) groups excluding carboxylic acids is 1. The summed E-state index contributed by atoms with van der Waals surface area (Å²) in [5.41, 5.74) is 0.316. The minimum atomic E-state index is -0.702. The van der Waals surface area contributed by atoms with Gasteiger partial charge in [-0.05, 0) is 24.8 Å². The van der Waals surface area contributed by atoms with Crippen molar-refractivity contribution in [2.45, 2.75) is 63.5 Å². The average Bonchev–Trinajstić information content (AvgIpc) is 2.55. The van der Waals surface area contributed by atoms with Crippen LogP contribution in [0.3, 0.4) is 0 Å². The van der Waals surface area contributed by atoms with Crippen molar-refractivity contribution in [1.82, 2.24) is 5.32 Å². The van der Waals surface area contributed by atoms with Crippen molar-refractivity contribution >= 4 is 5.97 Å². The van der Waals surface area contributed by atoms with Crippen LogP contribution in [0.25, 0.3) is 0 Å². The third-order valence-corrected chi connectivity index (χ3v) is 4.48. The topological polar surface area (TPSA) is 38.3 Å². The molecule has 0 bridgehead atoms.